The third-order valence-electron chi connectivity index (χ3n) is 13.5. The quantitative estimate of drug-likeness (QED) is 0.248. The molecule has 2 aromatic carbocycles. The number of carbonyl (C=O) groups excluding carboxylic acids is 5. The number of pyridine rings is 1. The topological polar surface area (TPSA) is 156 Å². The van der Waals surface area contributed by atoms with Gasteiger partial charge in [0.2, 0.25) is 11.8 Å². The molecule has 0 radical (unpaired) electrons. The standard InChI is InChI=1S/C46H45ClFN7O6/c1-45(2)43(46(3,4)44(45)61-29-9-6-27(20-49)33(47)17-29)54-24-35-30(40(54)58)10-8-28(50-35)7-5-26-22-52(23-26)21-25-13-15-53(16-14-25)37-19-32-31(18-34(37)48)41(59)55(42(32)60)36-11-12-38(56)51-39(36)57/h6,8-10,17-19,25-26,36,43-44H,11-16,21-24H2,1-4H3,(H,51,56,57). The largest absolute Gasteiger partial charge is 0.489 e. The zero-order chi connectivity index (χ0) is 43.1. The number of carbonyl (C=O) groups is 5. The van der Waals surface area contributed by atoms with Gasteiger partial charge < -0.3 is 19.4 Å². The van der Waals surface area contributed by atoms with Crippen LogP contribution in [0.1, 0.15) is 101 Å². The lowest BCUT2D eigenvalue weighted by molar-refractivity contribution is -0.199. The number of imide groups is 2. The fraction of sp³-hybridized carbons (Fsp3) is 0.457. The molecule has 0 bridgehead atoms. The molecule has 314 valence electrons. The molecule has 1 atom stereocenters. The van der Waals surface area contributed by atoms with E-state index in [2.05, 4.69) is 55.8 Å². The zero-order valence-corrected chi connectivity index (χ0v) is 35.1. The minimum Gasteiger partial charge on any atom is -0.489 e. The van der Waals surface area contributed by atoms with Gasteiger partial charge in [0.15, 0.2) is 0 Å². The van der Waals surface area contributed by atoms with Crippen LogP contribution < -0.4 is 15.0 Å². The summed E-state index contributed by atoms with van der Waals surface area (Å²) < 4.78 is 21.9. The molecule has 1 saturated carbocycles. The van der Waals surface area contributed by atoms with Crippen LogP contribution in [-0.2, 0) is 16.1 Å². The number of piperidine rings is 2. The predicted molar refractivity (Wildman–Crippen MR) is 221 cm³/mol. The van der Waals surface area contributed by atoms with Crippen LogP contribution in [0.3, 0.4) is 0 Å². The number of aromatic nitrogens is 1. The number of ether oxygens (including phenoxy) is 1. The Morgan fingerprint density at radius 2 is 1.62 bits per heavy atom. The summed E-state index contributed by atoms with van der Waals surface area (Å²) in [5.74, 6) is 4.66. The van der Waals surface area contributed by atoms with E-state index in [-0.39, 0.29) is 64.5 Å². The van der Waals surface area contributed by atoms with Gasteiger partial charge in [0.05, 0.1) is 45.2 Å². The molecule has 3 saturated heterocycles. The van der Waals surface area contributed by atoms with E-state index >= 15 is 4.39 Å². The summed E-state index contributed by atoms with van der Waals surface area (Å²) in [6, 6.07) is 12.1. The van der Waals surface area contributed by atoms with Crippen LogP contribution in [0.2, 0.25) is 5.02 Å². The Hall–Kier alpha value is -5.83. The van der Waals surface area contributed by atoms with Gasteiger partial charge in [-0.15, -0.1) is 0 Å². The molecule has 15 heteroatoms. The van der Waals surface area contributed by atoms with Crippen molar-refractivity contribution >= 4 is 46.8 Å². The van der Waals surface area contributed by atoms with E-state index in [1.54, 1.807) is 18.2 Å². The van der Waals surface area contributed by atoms with E-state index in [9.17, 15) is 29.2 Å². The molecule has 0 spiro atoms. The Kier molecular flexibility index (Phi) is 9.95. The lowest BCUT2D eigenvalue weighted by Crippen LogP contribution is -2.74. The van der Waals surface area contributed by atoms with Crippen molar-refractivity contribution in [3.8, 4) is 23.7 Å². The molecular weight excluding hydrogens is 801 g/mol. The zero-order valence-electron chi connectivity index (χ0n) is 34.4. The smallest absolute Gasteiger partial charge is 0.262 e. The van der Waals surface area contributed by atoms with E-state index in [1.807, 2.05) is 21.9 Å². The van der Waals surface area contributed by atoms with E-state index < -0.39 is 35.5 Å². The van der Waals surface area contributed by atoms with Gasteiger partial charge in [-0.2, -0.15) is 5.26 Å². The van der Waals surface area contributed by atoms with E-state index in [4.69, 9.17) is 21.3 Å². The second-order valence-corrected chi connectivity index (χ2v) is 18.7. The number of hydrogen-bond donors (Lipinski definition) is 1. The molecule has 3 aromatic rings. The highest BCUT2D eigenvalue weighted by Gasteiger charge is 2.67. The summed E-state index contributed by atoms with van der Waals surface area (Å²) in [6.45, 7) is 12.6. The minimum absolute atomic E-state index is 0.0129. The lowest BCUT2D eigenvalue weighted by Gasteiger charge is -2.65. The van der Waals surface area contributed by atoms with Crippen LogP contribution in [0.5, 0.6) is 5.75 Å². The molecule has 9 rings (SSSR count). The number of halogens is 2. The van der Waals surface area contributed by atoms with Crippen LogP contribution in [0.15, 0.2) is 42.5 Å². The summed E-state index contributed by atoms with van der Waals surface area (Å²) in [5.41, 5.74) is 1.85. The molecule has 1 N–H and O–H groups in total. The first-order chi connectivity index (χ1) is 29.0. The molecule has 5 amide bonds. The first-order valence-corrected chi connectivity index (χ1v) is 21.1. The number of fused-ring (bicyclic) bond motifs is 2. The van der Waals surface area contributed by atoms with Crippen molar-refractivity contribution in [3.05, 3.63) is 86.9 Å². The number of amides is 5. The molecular formula is C46H45ClFN7O6. The summed E-state index contributed by atoms with van der Waals surface area (Å²) in [6.07, 6.45) is 1.51. The Balaban J connectivity index is 0.762. The second-order valence-electron chi connectivity index (χ2n) is 18.3. The number of anilines is 1. The average Bonchev–Trinajstić information content (AvgIpc) is 3.64. The molecule has 61 heavy (non-hydrogen) atoms. The van der Waals surface area contributed by atoms with Crippen LogP contribution in [0.25, 0.3) is 0 Å². The van der Waals surface area contributed by atoms with Crippen molar-refractivity contribution in [1.29, 1.82) is 5.26 Å². The van der Waals surface area contributed by atoms with Gasteiger partial charge in [0.25, 0.3) is 17.7 Å². The SMILES string of the molecule is CC1(C)C(Oc2ccc(C#N)c(Cl)c2)C(C)(C)C1N1Cc2nc(C#CC3CN(CC4CCN(c5cc6c(cc5F)C(=O)N(C5CCC(=O)NC5=O)C6=O)CC4)C3)ccc2C1=O. The first-order valence-electron chi connectivity index (χ1n) is 20.8. The fourth-order valence-corrected chi connectivity index (χ4v) is 11.1. The number of nitriles is 1. The van der Waals surface area contributed by atoms with Crippen molar-refractivity contribution in [1.82, 2.24) is 25.0 Å². The van der Waals surface area contributed by atoms with Crippen molar-refractivity contribution in [3.63, 3.8) is 0 Å². The number of nitrogens with zero attached hydrogens (tertiary/aromatic N) is 6. The van der Waals surface area contributed by atoms with Crippen LogP contribution >= 0.6 is 11.6 Å². The number of benzene rings is 2. The van der Waals surface area contributed by atoms with Crippen LogP contribution in [0, 0.1) is 51.7 Å². The van der Waals surface area contributed by atoms with Gasteiger partial charge in [0, 0.05) is 68.0 Å². The maximum atomic E-state index is 15.4. The van der Waals surface area contributed by atoms with Crippen molar-refractivity contribution in [2.75, 3.05) is 37.6 Å². The summed E-state index contributed by atoms with van der Waals surface area (Å²) >= 11 is 6.28. The number of likely N-dealkylation sites (tertiary alicyclic amines) is 1. The number of hydrogen-bond acceptors (Lipinski definition) is 10. The number of nitrogens with one attached hydrogen (secondary N) is 1. The highest BCUT2D eigenvalue weighted by Crippen LogP contribution is 2.59. The Bertz CT molecular complexity index is 2510. The monoisotopic (exact) mass is 845 g/mol. The molecule has 1 aromatic heterocycles. The van der Waals surface area contributed by atoms with Gasteiger partial charge in [0.1, 0.15) is 35.5 Å². The first kappa shape index (κ1) is 40.6. The normalized spacial score (nSPS) is 24.6. The highest BCUT2D eigenvalue weighted by atomic mass is 35.5. The summed E-state index contributed by atoms with van der Waals surface area (Å²) in [5, 5.41) is 11.8. The van der Waals surface area contributed by atoms with Gasteiger partial charge >= 0.3 is 0 Å². The average molecular weight is 846 g/mol. The van der Waals surface area contributed by atoms with Gasteiger partial charge in [-0.1, -0.05) is 45.2 Å². The Morgan fingerprint density at radius 1 is 0.918 bits per heavy atom. The van der Waals surface area contributed by atoms with Gasteiger partial charge in [-0.3, -0.25) is 34.2 Å². The van der Waals surface area contributed by atoms with E-state index in [0.717, 1.165) is 49.1 Å². The lowest BCUT2D eigenvalue weighted by atomic mass is 9.49. The molecule has 1 aliphatic carbocycles. The van der Waals surface area contributed by atoms with Crippen molar-refractivity contribution in [2.24, 2.45) is 22.7 Å². The van der Waals surface area contributed by atoms with E-state index in [0.29, 0.717) is 53.1 Å². The third kappa shape index (κ3) is 6.90. The molecule has 5 aliphatic heterocycles. The Morgan fingerprint density at radius 3 is 2.30 bits per heavy atom. The summed E-state index contributed by atoms with van der Waals surface area (Å²) in [7, 11) is 0. The van der Waals surface area contributed by atoms with Crippen molar-refractivity contribution in [2.45, 2.75) is 78.1 Å². The molecule has 6 heterocycles. The van der Waals surface area contributed by atoms with E-state index in [1.165, 1.54) is 6.07 Å². The fourth-order valence-electron chi connectivity index (χ4n) is 10.9. The maximum Gasteiger partial charge on any atom is 0.262 e. The molecule has 13 nitrogen and oxygen atoms in total. The molecule has 1 unspecified atom stereocenters. The molecule has 4 fully saturated rings. The Labute approximate surface area is 358 Å². The number of rotatable bonds is 7. The summed E-state index contributed by atoms with van der Waals surface area (Å²) in [4.78, 5) is 76.1. The maximum absolute atomic E-state index is 15.4. The van der Waals surface area contributed by atoms with Crippen molar-refractivity contribution < 1.29 is 33.1 Å². The van der Waals surface area contributed by atoms with Gasteiger partial charge in [-0.25, -0.2) is 9.37 Å². The minimum atomic E-state index is -1.10. The third-order valence-corrected chi connectivity index (χ3v) is 13.8. The second kappa shape index (κ2) is 15.0. The highest BCUT2D eigenvalue weighted by molar-refractivity contribution is 6.31. The van der Waals surface area contributed by atoms with Crippen LogP contribution in [0.4, 0.5) is 10.1 Å². The van der Waals surface area contributed by atoms with Crippen LogP contribution in [-0.4, -0.2) is 100 Å². The predicted octanol–water partition coefficient (Wildman–Crippen LogP) is 5.18. The van der Waals surface area contributed by atoms with Gasteiger partial charge in [-0.05, 0) is 67.5 Å². The molecule has 6 aliphatic rings.